The average Bonchev–Trinajstić information content (AvgIpc) is 2.99. The van der Waals surface area contributed by atoms with Crippen LogP contribution in [0.15, 0.2) is 22.9 Å². The van der Waals surface area contributed by atoms with Crippen molar-refractivity contribution in [3.63, 3.8) is 0 Å². The fourth-order valence-electron chi connectivity index (χ4n) is 1.71. The quantitative estimate of drug-likeness (QED) is 0.719. The van der Waals surface area contributed by atoms with Crippen LogP contribution < -0.4 is 5.73 Å². The molecule has 0 atom stereocenters. The zero-order valence-corrected chi connectivity index (χ0v) is 9.85. The number of hydrogen-bond donors (Lipinski definition) is 2. The summed E-state index contributed by atoms with van der Waals surface area (Å²) in [7, 11) is 0. The maximum absolute atomic E-state index is 5.44. The van der Waals surface area contributed by atoms with E-state index in [0.29, 0.717) is 11.7 Å². The van der Waals surface area contributed by atoms with E-state index in [4.69, 9.17) is 10.3 Å². The van der Waals surface area contributed by atoms with Crippen molar-refractivity contribution in [1.82, 2.24) is 15.1 Å². The highest BCUT2D eigenvalue weighted by atomic mass is 16.5. The van der Waals surface area contributed by atoms with E-state index < -0.39 is 0 Å². The van der Waals surface area contributed by atoms with Gasteiger partial charge in [-0.2, -0.15) is 4.98 Å². The topological polar surface area (TPSA) is 80.7 Å². The summed E-state index contributed by atoms with van der Waals surface area (Å²) >= 11 is 0. The Bertz CT molecular complexity index is 421. The fourth-order valence-corrected chi connectivity index (χ4v) is 1.71. The first-order chi connectivity index (χ1) is 8.40. The fraction of sp³-hybridized carbons (Fsp3) is 0.500. The van der Waals surface area contributed by atoms with Crippen molar-refractivity contribution < 1.29 is 4.52 Å². The molecule has 3 N–H and O–H groups in total. The molecule has 0 saturated carbocycles. The van der Waals surface area contributed by atoms with Gasteiger partial charge in [-0.3, -0.25) is 0 Å². The summed E-state index contributed by atoms with van der Waals surface area (Å²) in [6.07, 6.45) is 7.20. The molecule has 92 valence electrons. The molecule has 0 aliphatic rings. The van der Waals surface area contributed by atoms with E-state index in [1.807, 2.05) is 18.3 Å². The summed E-state index contributed by atoms with van der Waals surface area (Å²) in [6, 6.07) is 3.84. The Morgan fingerprint density at radius 3 is 2.88 bits per heavy atom. The first kappa shape index (κ1) is 11.9. The Labute approximate surface area is 100 Å². The van der Waals surface area contributed by atoms with Crippen LogP contribution in [0, 0.1) is 0 Å². The summed E-state index contributed by atoms with van der Waals surface area (Å²) in [4.78, 5) is 7.39. The Balaban J connectivity index is 1.79. The van der Waals surface area contributed by atoms with Crippen molar-refractivity contribution in [2.75, 3.05) is 6.54 Å². The lowest BCUT2D eigenvalue weighted by atomic mass is 10.1. The Morgan fingerprint density at radius 2 is 2.12 bits per heavy atom. The summed E-state index contributed by atoms with van der Waals surface area (Å²) in [5, 5.41) is 3.94. The summed E-state index contributed by atoms with van der Waals surface area (Å²) < 4.78 is 5.19. The molecule has 0 radical (unpaired) electrons. The summed E-state index contributed by atoms with van der Waals surface area (Å²) in [5.74, 6) is 1.34. The number of aromatic amines is 1. The van der Waals surface area contributed by atoms with Crippen LogP contribution in [-0.2, 0) is 6.42 Å². The van der Waals surface area contributed by atoms with Crippen LogP contribution in [-0.4, -0.2) is 21.7 Å². The molecular formula is C12H18N4O. The van der Waals surface area contributed by atoms with Crippen LogP contribution in [0.4, 0.5) is 0 Å². The van der Waals surface area contributed by atoms with Gasteiger partial charge in [0.15, 0.2) is 0 Å². The monoisotopic (exact) mass is 234 g/mol. The second-order valence-electron chi connectivity index (χ2n) is 4.05. The van der Waals surface area contributed by atoms with Crippen molar-refractivity contribution in [3.8, 4) is 11.5 Å². The lowest BCUT2D eigenvalue weighted by Gasteiger charge is -1.95. The second-order valence-corrected chi connectivity index (χ2v) is 4.05. The van der Waals surface area contributed by atoms with Gasteiger partial charge in [-0.25, -0.2) is 0 Å². The number of rotatable bonds is 7. The molecule has 5 nitrogen and oxygen atoms in total. The lowest BCUT2D eigenvalue weighted by molar-refractivity contribution is 0.374. The van der Waals surface area contributed by atoms with Gasteiger partial charge < -0.3 is 15.2 Å². The third-order valence-corrected chi connectivity index (χ3v) is 2.65. The minimum atomic E-state index is 0.631. The molecular weight excluding hydrogens is 216 g/mol. The Kier molecular flexibility index (Phi) is 4.32. The standard InChI is InChI=1S/C12H18N4O/c13-8-4-2-1-3-7-11-15-12(16-17-11)10-6-5-9-14-10/h5-6,9,14H,1-4,7-8,13H2. The van der Waals surface area contributed by atoms with Crippen LogP contribution in [0.5, 0.6) is 0 Å². The maximum atomic E-state index is 5.44. The van der Waals surface area contributed by atoms with E-state index in [0.717, 1.165) is 37.9 Å². The predicted molar refractivity (Wildman–Crippen MR) is 65.3 cm³/mol. The molecule has 0 unspecified atom stereocenters. The van der Waals surface area contributed by atoms with Crippen LogP contribution in [0.2, 0.25) is 0 Å². The smallest absolute Gasteiger partial charge is 0.227 e. The molecule has 2 heterocycles. The number of nitrogens with two attached hydrogens (primary N) is 1. The normalized spacial score (nSPS) is 10.9. The number of H-pyrrole nitrogens is 1. The third kappa shape index (κ3) is 3.42. The minimum absolute atomic E-state index is 0.631. The number of hydrogen-bond acceptors (Lipinski definition) is 4. The van der Waals surface area contributed by atoms with Gasteiger partial charge in [0.1, 0.15) is 0 Å². The number of unbranched alkanes of at least 4 members (excludes halogenated alkanes) is 3. The van der Waals surface area contributed by atoms with Gasteiger partial charge in [-0.05, 0) is 31.5 Å². The molecule has 0 saturated heterocycles. The van der Waals surface area contributed by atoms with E-state index >= 15 is 0 Å². The SMILES string of the molecule is NCCCCCCc1nc(-c2ccc[nH]2)no1. The number of nitrogens with one attached hydrogen (secondary N) is 1. The Morgan fingerprint density at radius 1 is 1.24 bits per heavy atom. The zero-order valence-electron chi connectivity index (χ0n) is 9.85. The van der Waals surface area contributed by atoms with Crippen LogP contribution >= 0.6 is 0 Å². The summed E-state index contributed by atoms with van der Waals surface area (Å²) in [5.41, 5.74) is 6.33. The second kappa shape index (κ2) is 6.20. The van der Waals surface area contributed by atoms with Gasteiger partial charge in [0.25, 0.3) is 0 Å². The highest BCUT2D eigenvalue weighted by Crippen LogP contribution is 2.14. The highest BCUT2D eigenvalue weighted by molar-refractivity contribution is 5.47. The molecule has 2 aromatic rings. The third-order valence-electron chi connectivity index (χ3n) is 2.65. The van der Waals surface area contributed by atoms with Gasteiger partial charge in [-0.15, -0.1) is 0 Å². The predicted octanol–water partition coefficient (Wildman–Crippen LogP) is 2.13. The van der Waals surface area contributed by atoms with E-state index in [1.54, 1.807) is 0 Å². The van der Waals surface area contributed by atoms with E-state index in [-0.39, 0.29) is 0 Å². The minimum Gasteiger partial charge on any atom is -0.359 e. The molecule has 2 aromatic heterocycles. The molecule has 0 aliphatic heterocycles. The lowest BCUT2D eigenvalue weighted by Crippen LogP contribution is -1.97. The number of nitrogens with zero attached hydrogens (tertiary/aromatic N) is 2. The van der Waals surface area contributed by atoms with Gasteiger partial charge in [-0.1, -0.05) is 18.0 Å². The van der Waals surface area contributed by atoms with Gasteiger partial charge in [0.2, 0.25) is 11.7 Å². The molecule has 0 amide bonds. The van der Waals surface area contributed by atoms with Crippen LogP contribution in [0.3, 0.4) is 0 Å². The van der Waals surface area contributed by atoms with Crippen molar-refractivity contribution in [3.05, 3.63) is 24.2 Å². The highest BCUT2D eigenvalue weighted by Gasteiger charge is 2.08. The Hall–Kier alpha value is -1.62. The average molecular weight is 234 g/mol. The molecule has 0 bridgehead atoms. The molecule has 5 heteroatoms. The van der Waals surface area contributed by atoms with E-state index in [1.165, 1.54) is 6.42 Å². The molecule has 0 fully saturated rings. The first-order valence-electron chi connectivity index (χ1n) is 6.06. The molecule has 17 heavy (non-hydrogen) atoms. The molecule has 2 rings (SSSR count). The maximum Gasteiger partial charge on any atom is 0.227 e. The van der Waals surface area contributed by atoms with E-state index in [2.05, 4.69) is 15.1 Å². The summed E-state index contributed by atoms with van der Waals surface area (Å²) in [6.45, 7) is 0.775. The van der Waals surface area contributed by atoms with Gasteiger partial charge >= 0.3 is 0 Å². The molecule has 0 spiro atoms. The van der Waals surface area contributed by atoms with Crippen molar-refractivity contribution >= 4 is 0 Å². The van der Waals surface area contributed by atoms with Crippen LogP contribution in [0.1, 0.15) is 31.6 Å². The zero-order chi connectivity index (χ0) is 11.9. The van der Waals surface area contributed by atoms with Crippen molar-refractivity contribution in [1.29, 1.82) is 0 Å². The molecule has 0 aliphatic carbocycles. The largest absolute Gasteiger partial charge is 0.359 e. The van der Waals surface area contributed by atoms with Gasteiger partial charge in [0, 0.05) is 12.6 Å². The van der Waals surface area contributed by atoms with Crippen molar-refractivity contribution in [2.45, 2.75) is 32.1 Å². The molecule has 0 aromatic carbocycles. The van der Waals surface area contributed by atoms with Crippen LogP contribution in [0.25, 0.3) is 11.5 Å². The van der Waals surface area contributed by atoms with E-state index in [9.17, 15) is 0 Å². The number of aromatic nitrogens is 3. The van der Waals surface area contributed by atoms with Gasteiger partial charge in [0.05, 0.1) is 5.69 Å². The van der Waals surface area contributed by atoms with Crippen molar-refractivity contribution in [2.24, 2.45) is 5.73 Å². The number of aryl methyl sites for hydroxylation is 1. The first-order valence-corrected chi connectivity index (χ1v) is 6.06.